The molecule has 3 heterocycles. The van der Waals surface area contributed by atoms with Gasteiger partial charge in [0, 0.05) is 65.8 Å². The molecule has 15 heteroatoms. The SMILES string of the molecule is CO[C@H]1C[C@@H]2CC[C@@H](C)[C@@](C)(O2)C(=O)C(=O)N2CCCC[C@H]2C(=O)O[C@H]([C@H](C)C[C@@H]2CC[C@@H](OCCCO[Si](C)(C)C(C)(C)C)[C@H](OC)C2)CC(=O)[C@H](C)/C=C(\C)[C@@H](O)[C@@H](OC)C(=O)[C@H](C)C[C@H](C)/C=C/C=C/C=C/1C. The fourth-order valence-corrected chi connectivity index (χ4v) is 12.4. The van der Waals surface area contributed by atoms with E-state index in [0.29, 0.717) is 70.2 Å². The van der Waals surface area contributed by atoms with Gasteiger partial charge in [-0.05, 0) is 144 Å². The summed E-state index contributed by atoms with van der Waals surface area (Å²) in [5.41, 5.74) is -0.0496. The zero-order valence-electron chi connectivity index (χ0n) is 49.7. The maximum absolute atomic E-state index is 14.7. The van der Waals surface area contributed by atoms with E-state index in [1.54, 1.807) is 41.1 Å². The molecule has 2 bridgehead atoms. The van der Waals surface area contributed by atoms with Gasteiger partial charge in [-0.15, -0.1) is 0 Å². The van der Waals surface area contributed by atoms with Crippen molar-refractivity contribution in [3.05, 3.63) is 47.6 Å². The molecule has 3 fully saturated rings. The Morgan fingerprint density at radius 3 is 2.21 bits per heavy atom. The number of carbonyl (C=O) groups is 5. The summed E-state index contributed by atoms with van der Waals surface area (Å²) in [5, 5.41) is 11.7. The Labute approximate surface area is 459 Å². The summed E-state index contributed by atoms with van der Waals surface area (Å²) >= 11 is 0. The van der Waals surface area contributed by atoms with Gasteiger partial charge in [-0.1, -0.05) is 91.8 Å². The van der Waals surface area contributed by atoms with E-state index in [4.69, 9.17) is 32.8 Å². The van der Waals surface area contributed by atoms with Crippen LogP contribution in [-0.4, -0.2) is 143 Å². The third-order valence-corrected chi connectivity index (χ3v) is 22.3. The van der Waals surface area contributed by atoms with Crippen molar-refractivity contribution in [2.24, 2.45) is 35.5 Å². The van der Waals surface area contributed by atoms with Crippen molar-refractivity contribution in [1.82, 2.24) is 4.90 Å². The van der Waals surface area contributed by atoms with E-state index < -0.39 is 67.8 Å². The number of amides is 1. The number of nitrogens with zero attached hydrogens (tertiary/aromatic N) is 1. The minimum absolute atomic E-state index is 0.0408. The Morgan fingerprint density at radius 1 is 0.842 bits per heavy atom. The molecule has 3 aliphatic heterocycles. The summed E-state index contributed by atoms with van der Waals surface area (Å²) in [7, 11) is 2.91. The van der Waals surface area contributed by atoms with Gasteiger partial charge in [-0.25, -0.2) is 4.79 Å². The van der Waals surface area contributed by atoms with E-state index >= 15 is 0 Å². The molecular weight excluding hydrogens is 983 g/mol. The van der Waals surface area contributed by atoms with Crippen molar-refractivity contribution < 1.29 is 61.9 Å². The number of ether oxygens (including phenoxy) is 6. The zero-order chi connectivity index (χ0) is 56.7. The van der Waals surface area contributed by atoms with Gasteiger partial charge in [0.25, 0.3) is 11.7 Å². The van der Waals surface area contributed by atoms with Crippen molar-refractivity contribution in [2.45, 2.75) is 232 Å². The number of carbonyl (C=O) groups excluding carboxylic acids is 5. The van der Waals surface area contributed by atoms with Gasteiger partial charge in [-0.2, -0.15) is 0 Å². The van der Waals surface area contributed by atoms with Crippen molar-refractivity contribution in [2.75, 3.05) is 41.1 Å². The van der Waals surface area contributed by atoms with E-state index in [2.05, 4.69) is 33.9 Å². The van der Waals surface area contributed by atoms with E-state index in [-0.39, 0.29) is 77.7 Å². The predicted octanol–water partition coefficient (Wildman–Crippen LogP) is 10.7. The van der Waals surface area contributed by atoms with Crippen LogP contribution in [0.25, 0.3) is 0 Å². The van der Waals surface area contributed by atoms with Gasteiger partial charge < -0.3 is 42.9 Å². The molecule has 1 saturated carbocycles. The highest BCUT2D eigenvalue weighted by Gasteiger charge is 2.51. The number of ketones is 3. The van der Waals surface area contributed by atoms with Gasteiger partial charge >= 0.3 is 5.97 Å². The van der Waals surface area contributed by atoms with E-state index in [1.165, 1.54) is 12.0 Å². The van der Waals surface area contributed by atoms with Crippen LogP contribution in [0.3, 0.4) is 0 Å². The number of cyclic esters (lactones) is 1. The van der Waals surface area contributed by atoms with Gasteiger partial charge in [0.15, 0.2) is 14.1 Å². The molecule has 0 unspecified atom stereocenters. The van der Waals surface area contributed by atoms with Crippen molar-refractivity contribution in [3.8, 4) is 0 Å². The fraction of sp³-hybridized carbons (Fsp3) is 0.787. The van der Waals surface area contributed by atoms with Crippen LogP contribution in [0, 0.1) is 35.5 Å². The summed E-state index contributed by atoms with van der Waals surface area (Å²) in [5.74, 6) is -4.01. The molecule has 2 saturated heterocycles. The van der Waals surface area contributed by atoms with Gasteiger partial charge in [0.05, 0.1) is 24.4 Å². The summed E-state index contributed by atoms with van der Waals surface area (Å²) in [6.45, 7) is 27.6. The number of rotatable bonds is 12. The Balaban J connectivity index is 1.64. The molecule has 15 atom stereocenters. The normalized spacial score (nSPS) is 36.8. The zero-order valence-corrected chi connectivity index (χ0v) is 50.7. The van der Waals surface area contributed by atoms with Gasteiger partial charge in [-0.3, -0.25) is 19.2 Å². The molecule has 1 aliphatic carbocycles. The van der Waals surface area contributed by atoms with Gasteiger partial charge in [0.2, 0.25) is 0 Å². The molecule has 4 aliphatic rings. The molecule has 432 valence electrons. The van der Waals surface area contributed by atoms with Crippen LogP contribution in [0.2, 0.25) is 18.1 Å². The van der Waals surface area contributed by atoms with Crippen LogP contribution >= 0.6 is 0 Å². The lowest BCUT2D eigenvalue weighted by molar-refractivity contribution is -0.184. The number of allylic oxidation sites excluding steroid dienone is 6. The molecule has 0 spiro atoms. The number of aliphatic hydroxyl groups excluding tert-OH is 1. The lowest BCUT2D eigenvalue weighted by Gasteiger charge is -2.44. The minimum Gasteiger partial charge on any atom is -0.460 e. The van der Waals surface area contributed by atoms with Crippen LogP contribution in [0.15, 0.2) is 47.6 Å². The topological polar surface area (TPSA) is 173 Å². The first-order chi connectivity index (χ1) is 35.7. The van der Waals surface area contributed by atoms with Crippen LogP contribution in [0.1, 0.15) is 160 Å². The Bertz CT molecular complexity index is 2040. The highest BCUT2D eigenvalue weighted by atomic mass is 28.4. The van der Waals surface area contributed by atoms with Crippen molar-refractivity contribution >= 4 is 37.5 Å². The second kappa shape index (κ2) is 29.9. The van der Waals surface area contributed by atoms with E-state index in [9.17, 15) is 29.1 Å². The number of piperidine rings is 1. The highest BCUT2D eigenvalue weighted by Crippen LogP contribution is 2.40. The maximum atomic E-state index is 14.7. The summed E-state index contributed by atoms with van der Waals surface area (Å²) < 4.78 is 43.5. The second-order valence-corrected chi connectivity index (χ2v) is 29.6. The standard InChI is InChI=1S/C61H101NO13Si/c1-39-23-18-17-19-24-40(2)51(69-12)37-47-28-26-45(7)61(11,75-47)57(66)58(67)62-30-21-20-25-48(62)59(68)74-52(38-49(63)41(3)34-44(6)55(65)56(71-14)54(64)43(5)33-39)42(4)35-46-27-29-50(53(36-46)70-13)72-31-22-32-73-76(15,16)60(8,9)10/h17-19,23-24,34,39,41-43,45-48,50-53,55-56,65H,20-22,25-33,35-38H2,1-16H3/b19-17+,23-18+,40-24+,44-34+/t39-,41-,42-,43-,45-,46+,47+,48+,50-,51+,52+,53-,55-,56+,61-/m1/s1. The summed E-state index contributed by atoms with van der Waals surface area (Å²) in [6.07, 6.45) is 14.9. The first-order valence-corrected chi connectivity index (χ1v) is 31.6. The maximum Gasteiger partial charge on any atom is 0.329 e. The van der Waals surface area contributed by atoms with Crippen LogP contribution in [0.4, 0.5) is 0 Å². The number of methoxy groups -OCH3 is 3. The number of hydrogen-bond donors (Lipinski definition) is 1. The van der Waals surface area contributed by atoms with Crippen LogP contribution in [-0.2, 0) is 56.8 Å². The molecule has 14 nitrogen and oxygen atoms in total. The number of hydrogen-bond acceptors (Lipinski definition) is 13. The summed E-state index contributed by atoms with van der Waals surface area (Å²) in [4.78, 5) is 73.5. The number of aliphatic hydroxyl groups is 1. The van der Waals surface area contributed by atoms with E-state index in [1.807, 2.05) is 65.0 Å². The Hall–Kier alpha value is -3.15. The van der Waals surface area contributed by atoms with E-state index in [0.717, 1.165) is 31.3 Å². The van der Waals surface area contributed by atoms with Crippen LogP contribution < -0.4 is 0 Å². The van der Waals surface area contributed by atoms with Crippen molar-refractivity contribution in [1.29, 1.82) is 0 Å². The average molecular weight is 1080 g/mol. The number of Topliss-reactive ketones (excluding diaryl/α,β-unsaturated/α-hetero) is 3. The predicted molar refractivity (Wildman–Crippen MR) is 300 cm³/mol. The first-order valence-electron chi connectivity index (χ1n) is 28.7. The molecule has 0 aromatic rings. The molecule has 0 radical (unpaired) electrons. The van der Waals surface area contributed by atoms with Crippen molar-refractivity contribution in [3.63, 3.8) is 0 Å². The molecule has 1 N–H and O–H groups in total. The second-order valence-electron chi connectivity index (χ2n) is 24.8. The molecule has 0 aromatic heterocycles. The molecule has 4 rings (SSSR count). The minimum atomic E-state index is -1.86. The van der Waals surface area contributed by atoms with Crippen LogP contribution in [0.5, 0.6) is 0 Å². The molecule has 76 heavy (non-hydrogen) atoms. The monoisotopic (exact) mass is 1080 g/mol. The Kier molecular flexibility index (Phi) is 25.7. The smallest absolute Gasteiger partial charge is 0.329 e. The first kappa shape index (κ1) is 65.4. The average Bonchev–Trinajstić information content (AvgIpc) is 3.37. The molecule has 0 aromatic carbocycles. The quantitative estimate of drug-likeness (QED) is 0.0644. The highest BCUT2D eigenvalue weighted by molar-refractivity contribution is 6.74. The Morgan fingerprint density at radius 2 is 1.55 bits per heavy atom. The third-order valence-electron chi connectivity index (χ3n) is 17.8. The molecular formula is C61H101NO13Si. The number of fused-ring (bicyclic) bond motifs is 3. The largest absolute Gasteiger partial charge is 0.460 e. The molecule has 1 amide bonds. The summed E-state index contributed by atoms with van der Waals surface area (Å²) in [6, 6.07) is -1.03. The van der Waals surface area contributed by atoms with Gasteiger partial charge in [0.1, 0.15) is 35.7 Å². The number of esters is 1. The lowest BCUT2D eigenvalue weighted by Crippen LogP contribution is -2.59. The fourth-order valence-electron chi connectivity index (χ4n) is 11.4. The lowest BCUT2D eigenvalue weighted by atomic mass is 9.78. The third kappa shape index (κ3) is 17.9.